The largest absolute Gasteiger partial charge is 0.455 e. The van der Waals surface area contributed by atoms with Crippen molar-refractivity contribution < 1.29 is 4.42 Å². The van der Waals surface area contributed by atoms with Crippen LogP contribution in [0.2, 0.25) is 0 Å². The van der Waals surface area contributed by atoms with Gasteiger partial charge in [0.1, 0.15) is 11.2 Å². The van der Waals surface area contributed by atoms with Gasteiger partial charge in [-0.15, -0.1) is 0 Å². The maximum absolute atomic E-state index is 6.76. The normalized spacial score (nSPS) is 12.5. The van der Waals surface area contributed by atoms with Crippen LogP contribution in [-0.4, -0.2) is 15.0 Å². The Labute approximate surface area is 330 Å². The second-order valence-corrected chi connectivity index (χ2v) is 14.7. The van der Waals surface area contributed by atoms with Gasteiger partial charge < -0.3 is 4.42 Å². The second kappa shape index (κ2) is 13.7. The molecule has 0 aliphatic heterocycles. The Hall–Kier alpha value is -7.43. The molecule has 11 rings (SSSR count). The third-order valence-electron chi connectivity index (χ3n) is 11.3. The summed E-state index contributed by atoms with van der Waals surface area (Å²) in [5.41, 5.74) is 14.1. The Morgan fingerprint density at radius 3 is 1.93 bits per heavy atom. The molecule has 0 saturated heterocycles. The Kier molecular flexibility index (Phi) is 7.92. The molecule has 2 heterocycles. The fourth-order valence-corrected chi connectivity index (χ4v) is 8.51. The summed E-state index contributed by atoms with van der Waals surface area (Å²) in [6, 6.07) is 63.8. The Balaban J connectivity index is 1.11. The molecular weight excluding hydrogens is 695 g/mol. The van der Waals surface area contributed by atoms with Crippen molar-refractivity contribution in [2.24, 2.45) is 0 Å². The first kappa shape index (κ1) is 33.0. The minimum Gasteiger partial charge on any atom is -0.455 e. The minimum atomic E-state index is 0.600. The first-order valence-corrected chi connectivity index (χ1v) is 19.5. The number of nitrogens with zero attached hydrogens (tertiary/aromatic N) is 3. The highest BCUT2D eigenvalue weighted by Crippen LogP contribution is 2.42. The third kappa shape index (κ3) is 5.82. The summed E-state index contributed by atoms with van der Waals surface area (Å²) in [5, 5.41) is 4.47. The highest BCUT2D eigenvalue weighted by atomic mass is 16.3. The van der Waals surface area contributed by atoms with E-state index in [1.807, 2.05) is 30.3 Å². The first-order valence-electron chi connectivity index (χ1n) is 19.5. The van der Waals surface area contributed by atoms with Gasteiger partial charge in [-0.05, 0) is 74.7 Å². The lowest BCUT2D eigenvalue weighted by atomic mass is 9.88. The van der Waals surface area contributed by atoms with Crippen LogP contribution in [0.3, 0.4) is 0 Å². The van der Waals surface area contributed by atoms with Gasteiger partial charge in [0.15, 0.2) is 17.5 Å². The topological polar surface area (TPSA) is 51.8 Å². The number of aromatic nitrogens is 3. The van der Waals surface area contributed by atoms with Gasteiger partial charge in [0, 0.05) is 33.0 Å². The van der Waals surface area contributed by atoms with Gasteiger partial charge in [-0.2, -0.15) is 0 Å². The zero-order chi connectivity index (χ0) is 37.7. The van der Waals surface area contributed by atoms with Crippen molar-refractivity contribution in [1.82, 2.24) is 15.0 Å². The summed E-state index contributed by atoms with van der Waals surface area (Å²) < 4.78 is 6.76. The van der Waals surface area contributed by atoms with Crippen molar-refractivity contribution in [1.29, 1.82) is 0 Å². The van der Waals surface area contributed by atoms with Crippen molar-refractivity contribution in [2.75, 3.05) is 0 Å². The molecule has 0 bridgehead atoms. The Morgan fingerprint density at radius 1 is 0.404 bits per heavy atom. The molecule has 8 aromatic carbocycles. The van der Waals surface area contributed by atoms with Crippen molar-refractivity contribution in [3.8, 4) is 56.4 Å². The van der Waals surface area contributed by atoms with Crippen LogP contribution in [0.15, 0.2) is 186 Å². The SMILES string of the molecule is C1=C(c2cccc3c2oc2cccc(-c4nc(-c5ccccc5)nc(-c5ccc(-c6cccc7ccccc67)c(-c6ccccc6)c5)n4)c23)CCc2ccccc21. The number of hydrogen-bond acceptors (Lipinski definition) is 4. The van der Waals surface area contributed by atoms with Crippen molar-refractivity contribution in [2.45, 2.75) is 12.8 Å². The van der Waals surface area contributed by atoms with Gasteiger partial charge >= 0.3 is 0 Å². The molecule has 268 valence electrons. The predicted octanol–water partition coefficient (Wildman–Crippen LogP) is 13.7. The summed E-state index contributed by atoms with van der Waals surface area (Å²) in [4.78, 5) is 15.6. The van der Waals surface area contributed by atoms with E-state index in [2.05, 4.69) is 158 Å². The van der Waals surface area contributed by atoms with Crippen LogP contribution in [0.4, 0.5) is 0 Å². The van der Waals surface area contributed by atoms with E-state index >= 15 is 0 Å². The van der Waals surface area contributed by atoms with Crippen LogP contribution in [0, 0.1) is 0 Å². The molecule has 57 heavy (non-hydrogen) atoms. The van der Waals surface area contributed by atoms with E-state index in [4.69, 9.17) is 19.4 Å². The summed E-state index contributed by atoms with van der Waals surface area (Å²) >= 11 is 0. The number of hydrogen-bond donors (Lipinski definition) is 0. The molecule has 0 amide bonds. The molecule has 0 atom stereocenters. The van der Waals surface area contributed by atoms with Crippen LogP contribution in [-0.2, 0) is 6.42 Å². The third-order valence-corrected chi connectivity index (χ3v) is 11.3. The van der Waals surface area contributed by atoms with E-state index in [-0.39, 0.29) is 0 Å². The molecule has 0 saturated carbocycles. The maximum Gasteiger partial charge on any atom is 0.164 e. The molecule has 0 fully saturated rings. The van der Waals surface area contributed by atoms with Crippen LogP contribution in [0.25, 0.3) is 101 Å². The van der Waals surface area contributed by atoms with Gasteiger partial charge in [0.05, 0.1) is 0 Å². The van der Waals surface area contributed by atoms with Gasteiger partial charge in [0.2, 0.25) is 0 Å². The lowest BCUT2D eigenvalue weighted by molar-refractivity contribution is 0.667. The van der Waals surface area contributed by atoms with E-state index in [0.717, 1.165) is 73.7 Å². The number of furan rings is 1. The highest BCUT2D eigenvalue weighted by Gasteiger charge is 2.22. The Morgan fingerprint density at radius 2 is 1.05 bits per heavy atom. The average molecular weight is 730 g/mol. The molecule has 0 radical (unpaired) electrons. The van der Waals surface area contributed by atoms with Crippen LogP contribution in [0.1, 0.15) is 23.1 Å². The standard InChI is InChI=1S/C53H35N3O/c1-3-15-36(16-4-1)47-33-40(30-31-44(47)43-24-11-21-35-17-9-10-22-41(35)43)52-54-51(37-18-5-2-6-19-37)55-53(56-52)46-26-13-27-48-49(46)45-25-12-23-42(50(45)57-48)39-29-28-34-14-7-8-20-38(34)32-39/h1-27,30-33H,28-29H2. The molecule has 4 nitrogen and oxygen atoms in total. The minimum absolute atomic E-state index is 0.600. The molecule has 2 aromatic heterocycles. The summed E-state index contributed by atoms with van der Waals surface area (Å²) in [5.74, 6) is 1.83. The van der Waals surface area contributed by atoms with Crippen molar-refractivity contribution in [3.05, 3.63) is 199 Å². The average Bonchev–Trinajstić information content (AvgIpc) is 3.68. The highest BCUT2D eigenvalue weighted by molar-refractivity contribution is 6.14. The summed E-state index contributed by atoms with van der Waals surface area (Å²) in [7, 11) is 0. The monoisotopic (exact) mass is 729 g/mol. The molecule has 1 aliphatic rings. The maximum atomic E-state index is 6.76. The number of benzene rings is 8. The quantitative estimate of drug-likeness (QED) is 0.171. The lowest BCUT2D eigenvalue weighted by Crippen LogP contribution is -2.01. The molecular formula is C53H35N3O. The smallest absolute Gasteiger partial charge is 0.164 e. The number of allylic oxidation sites excluding steroid dienone is 1. The van der Waals surface area contributed by atoms with E-state index in [9.17, 15) is 0 Å². The van der Waals surface area contributed by atoms with E-state index in [1.165, 1.54) is 33.0 Å². The zero-order valence-electron chi connectivity index (χ0n) is 31.1. The summed E-state index contributed by atoms with van der Waals surface area (Å²) in [6.45, 7) is 0. The fraction of sp³-hybridized carbons (Fsp3) is 0.0377. The lowest BCUT2D eigenvalue weighted by Gasteiger charge is -2.16. The van der Waals surface area contributed by atoms with Gasteiger partial charge in [-0.3, -0.25) is 0 Å². The van der Waals surface area contributed by atoms with Gasteiger partial charge in [0.25, 0.3) is 0 Å². The van der Waals surface area contributed by atoms with Gasteiger partial charge in [-0.25, -0.2) is 15.0 Å². The first-order chi connectivity index (χ1) is 28.2. The van der Waals surface area contributed by atoms with Crippen LogP contribution < -0.4 is 0 Å². The fourth-order valence-electron chi connectivity index (χ4n) is 8.51. The number of para-hydroxylation sites is 1. The molecule has 10 aromatic rings. The van der Waals surface area contributed by atoms with Crippen LogP contribution >= 0.6 is 0 Å². The van der Waals surface area contributed by atoms with E-state index in [1.54, 1.807) is 0 Å². The van der Waals surface area contributed by atoms with Gasteiger partial charge in [-0.1, -0.05) is 176 Å². The number of fused-ring (bicyclic) bond motifs is 5. The van der Waals surface area contributed by atoms with Crippen molar-refractivity contribution in [3.63, 3.8) is 0 Å². The molecule has 0 spiro atoms. The summed E-state index contributed by atoms with van der Waals surface area (Å²) in [6.07, 6.45) is 4.29. The molecule has 0 N–H and O–H groups in total. The predicted molar refractivity (Wildman–Crippen MR) is 234 cm³/mol. The zero-order valence-corrected chi connectivity index (χ0v) is 31.1. The van der Waals surface area contributed by atoms with E-state index < -0.39 is 0 Å². The molecule has 4 heteroatoms. The Bertz CT molecular complexity index is 3170. The van der Waals surface area contributed by atoms with Crippen molar-refractivity contribution >= 4 is 44.4 Å². The molecule has 1 aliphatic carbocycles. The van der Waals surface area contributed by atoms with E-state index in [0.29, 0.717) is 17.5 Å². The number of rotatable bonds is 6. The second-order valence-electron chi connectivity index (χ2n) is 14.7. The molecule has 0 unspecified atom stereocenters. The van der Waals surface area contributed by atoms with Crippen LogP contribution in [0.5, 0.6) is 0 Å². The number of aryl methyl sites for hydroxylation is 1.